The van der Waals surface area contributed by atoms with Crippen molar-refractivity contribution in [2.45, 2.75) is 11.3 Å². The minimum absolute atomic E-state index is 0.105. The number of aliphatic imine (C=N–C) groups is 1. The van der Waals surface area contributed by atoms with Crippen molar-refractivity contribution in [3.8, 4) is 0 Å². The number of carbonyl (C=O) groups is 1. The van der Waals surface area contributed by atoms with E-state index < -0.39 is 20.0 Å². The zero-order chi connectivity index (χ0) is 23.5. The van der Waals surface area contributed by atoms with E-state index >= 15 is 0 Å². The van der Waals surface area contributed by atoms with Gasteiger partial charge in [0.05, 0.1) is 11.4 Å². The fraction of sp³-hybridized carbons (Fsp3) is 0.273. The van der Waals surface area contributed by atoms with Crippen LogP contribution in [0.3, 0.4) is 0 Å². The van der Waals surface area contributed by atoms with Gasteiger partial charge in [-0.2, -0.15) is 4.31 Å². The second-order valence-electron chi connectivity index (χ2n) is 7.62. The van der Waals surface area contributed by atoms with Gasteiger partial charge in [-0.1, -0.05) is 42.5 Å². The zero-order valence-corrected chi connectivity index (χ0v) is 19.4. The van der Waals surface area contributed by atoms with Gasteiger partial charge in [-0.3, -0.25) is 14.5 Å². The number of nitrogens with one attached hydrogen (secondary N) is 1. The van der Waals surface area contributed by atoms with Crippen LogP contribution in [0, 0.1) is 0 Å². The molecule has 9 nitrogen and oxygen atoms in total. The van der Waals surface area contributed by atoms with Crippen LogP contribution in [0.4, 0.5) is 0 Å². The highest BCUT2D eigenvalue weighted by atomic mass is 32.2. The summed E-state index contributed by atoms with van der Waals surface area (Å²) in [6.07, 6.45) is 1.66. The zero-order valence-electron chi connectivity index (χ0n) is 17.8. The molecule has 1 fully saturated rings. The molecule has 0 aliphatic carbocycles. The highest BCUT2D eigenvalue weighted by molar-refractivity contribution is 7.92. The molecule has 1 amide bonds. The molecular weight excluding hydrogens is 464 g/mol. The van der Waals surface area contributed by atoms with Crippen LogP contribution in [0.5, 0.6) is 0 Å². The Kier molecular flexibility index (Phi) is 6.63. The predicted molar refractivity (Wildman–Crippen MR) is 125 cm³/mol. The topological polar surface area (TPSA) is 116 Å². The molecule has 0 atom stereocenters. The third kappa shape index (κ3) is 5.32. The van der Waals surface area contributed by atoms with Crippen LogP contribution in [0.15, 0.2) is 69.9 Å². The van der Waals surface area contributed by atoms with Crippen LogP contribution in [-0.4, -0.2) is 70.5 Å². The summed E-state index contributed by atoms with van der Waals surface area (Å²) in [5.41, 5.74) is 1.29. The molecule has 4 rings (SSSR count). The van der Waals surface area contributed by atoms with Crippen molar-refractivity contribution >= 4 is 37.9 Å². The van der Waals surface area contributed by atoms with Crippen molar-refractivity contribution in [1.82, 2.24) is 13.9 Å². The Morgan fingerprint density at radius 1 is 1.00 bits per heavy atom. The fourth-order valence-corrected chi connectivity index (χ4v) is 6.10. The molecule has 174 valence electrons. The molecule has 1 N–H and O–H groups in total. The Morgan fingerprint density at radius 3 is 2.39 bits per heavy atom. The molecule has 1 saturated heterocycles. The molecule has 33 heavy (non-hydrogen) atoms. The molecule has 0 saturated carbocycles. The quantitative estimate of drug-likeness (QED) is 0.657. The van der Waals surface area contributed by atoms with E-state index in [1.807, 2.05) is 30.3 Å². The summed E-state index contributed by atoms with van der Waals surface area (Å²) in [6.45, 7) is 1.15. The van der Waals surface area contributed by atoms with Gasteiger partial charge < -0.3 is 4.90 Å². The summed E-state index contributed by atoms with van der Waals surface area (Å²) in [5.74, 6) is 0.0879. The number of nitrogens with zero attached hydrogens (tertiary/aromatic N) is 3. The van der Waals surface area contributed by atoms with Gasteiger partial charge >= 0.3 is 0 Å². The third-order valence-electron chi connectivity index (χ3n) is 5.44. The van der Waals surface area contributed by atoms with Crippen molar-refractivity contribution in [2.75, 3.05) is 32.7 Å². The number of piperazine rings is 1. The molecule has 11 heteroatoms. The summed E-state index contributed by atoms with van der Waals surface area (Å²) in [4.78, 5) is 18.6. The number of benzene rings is 2. The largest absolute Gasteiger partial charge is 0.340 e. The van der Waals surface area contributed by atoms with E-state index in [2.05, 4.69) is 9.71 Å². The van der Waals surface area contributed by atoms with E-state index in [-0.39, 0.29) is 42.7 Å². The number of sulfonamides is 2. The van der Waals surface area contributed by atoms with Crippen molar-refractivity contribution in [2.24, 2.45) is 4.99 Å². The molecule has 2 aromatic rings. The number of hydrogen-bond acceptors (Lipinski definition) is 6. The van der Waals surface area contributed by atoms with E-state index in [1.165, 1.54) is 15.8 Å². The Hall–Kier alpha value is -3.02. The van der Waals surface area contributed by atoms with Gasteiger partial charge in [-0.25, -0.2) is 16.8 Å². The van der Waals surface area contributed by atoms with Gasteiger partial charge in [-0.05, 0) is 23.8 Å². The molecule has 0 unspecified atom stereocenters. The molecule has 2 heterocycles. The molecule has 0 spiro atoms. The van der Waals surface area contributed by atoms with E-state index in [0.717, 1.165) is 5.56 Å². The molecule has 0 radical (unpaired) electrons. The van der Waals surface area contributed by atoms with Gasteiger partial charge in [0.1, 0.15) is 5.84 Å². The number of amides is 1. The monoisotopic (exact) mass is 488 g/mol. The number of hydrogen-bond donors (Lipinski definition) is 1. The lowest BCUT2D eigenvalue weighted by Gasteiger charge is -2.33. The maximum absolute atomic E-state index is 12.6. The van der Waals surface area contributed by atoms with E-state index in [0.29, 0.717) is 18.7 Å². The van der Waals surface area contributed by atoms with Crippen LogP contribution in [0.2, 0.25) is 0 Å². The van der Waals surface area contributed by atoms with Gasteiger partial charge in [0.15, 0.2) is 0 Å². The van der Waals surface area contributed by atoms with E-state index in [4.69, 9.17) is 0 Å². The summed E-state index contributed by atoms with van der Waals surface area (Å²) < 4.78 is 53.2. The summed E-state index contributed by atoms with van der Waals surface area (Å²) >= 11 is 0. The van der Waals surface area contributed by atoms with E-state index in [1.54, 1.807) is 29.2 Å². The molecule has 2 aliphatic rings. The number of carbonyl (C=O) groups excluding carboxylic acids is 1. The second kappa shape index (κ2) is 9.46. The lowest BCUT2D eigenvalue weighted by molar-refractivity contribution is -0.132. The second-order valence-corrected chi connectivity index (χ2v) is 11.1. The van der Waals surface area contributed by atoms with Crippen LogP contribution < -0.4 is 4.72 Å². The predicted octanol–water partition coefficient (Wildman–Crippen LogP) is 1.26. The lowest BCUT2D eigenvalue weighted by atomic mass is 10.2. The summed E-state index contributed by atoms with van der Waals surface area (Å²) in [5, 5.41) is 1.19. The minimum Gasteiger partial charge on any atom is -0.340 e. The van der Waals surface area contributed by atoms with Crippen molar-refractivity contribution in [3.63, 3.8) is 0 Å². The number of fused-ring (bicyclic) bond motifs is 1. The van der Waals surface area contributed by atoms with Crippen LogP contribution in [0.1, 0.15) is 17.5 Å². The highest BCUT2D eigenvalue weighted by Gasteiger charge is 2.30. The molecular formula is C22H24N4O5S2. The third-order valence-corrected chi connectivity index (χ3v) is 8.40. The van der Waals surface area contributed by atoms with E-state index in [9.17, 15) is 21.6 Å². The molecule has 2 aliphatic heterocycles. The first-order valence-electron chi connectivity index (χ1n) is 10.4. The first-order valence-corrected chi connectivity index (χ1v) is 13.4. The van der Waals surface area contributed by atoms with Crippen molar-refractivity contribution < 1.29 is 21.6 Å². The smallest absolute Gasteiger partial charge is 0.263 e. The fourth-order valence-electron chi connectivity index (χ4n) is 3.68. The highest BCUT2D eigenvalue weighted by Crippen LogP contribution is 2.22. The first kappa shape index (κ1) is 23.1. The minimum atomic E-state index is -3.61. The average Bonchev–Trinajstić information content (AvgIpc) is 3.08. The summed E-state index contributed by atoms with van der Waals surface area (Å²) in [7, 11) is -7.18. The van der Waals surface area contributed by atoms with Gasteiger partial charge in [0.2, 0.25) is 15.9 Å². The van der Waals surface area contributed by atoms with Gasteiger partial charge in [0.25, 0.3) is 10.0 Å². The Labute approximate surface area is 193 Å². The van der Waals surface area contributed by atoms with Crippen molar-refractivity contribution in [1.29, 1.82) is 0 Å². The first-order chi connectivity index (χ1) is 15.8. The van der Waals surface area contributed by atoms with Crippen molar-refractivity contribution in [3.05, 3.63) is 71.1 Å². The van der Waals surface area contributed by atoms with Crippen LogP contribution in [0.25, 0.3) is 6.08 Å². The Balaban J connectivity index is 1.30. The van der Waals surface area contributed by atoms with Gasteiger partial charge in [0, 0.05) is 43.6 Å². The summed E-state index contributed by atoms with van der Waals surface area (Å²) in [6, 6.07) is 15.7. The number of rotatable bonds is 6. The Morgan fingerprint density at radius 2 is 1.67 bits per heavy atom. The molecule has 2 aromatic carbocycles. The molecule has 0 bridgehead atoms. The maximum atomic E-state index is 12.6. The lowest BCUT2D eigenvalue weighted by Crippen LogP contribution is -2.50. The average molecular weight is 489 g/mol. The SMILES string of the molecule is O=C(CCN=C1NS(=O)(=O)c2ccccc21)N1CCN(S(=O)(=O)/C=C/c2ccccc2)CC1. The maximum Gasteiger partial charge on any atom is 0.263 e. The number of amidine groups is 1. The van der Waals surface area contributed by atoms with Gasteiger partial charge in [-0.15, -0.1) is 0 Å². The molecule has 0 aromatic heterocycles. The van der Waals surface area contributed by atoms with Crippen LogP contribution >= 0.6 is 0 Å². The standard InChI is InChI=1S/C22H24N4O5S2/c27-21(10-12-23-22-19-8-4-5-9-20(19)33(30,31)24-22)25-13-15-26(16-14-25)32(28,29)17-11-18-6-2-1-3-7-18/h1-9,11,17H,10,12-16H2,(H,23,24)/b17-11+. The normalized spacial score (nSPS) is 19.5. The van der Waals surface area contributed by atoms with Crippen LogP contribution in [-0.2, 0) is 24.8 Å². The Bertz CT molecular complexity index is 1300.